The van der Waals surface area contributed by atoms with Crippen LogP contribution in [-0.4, -0.2) is 64.8 Å². The van der Waals surface area contributed by atoms with Crippen LogP contribution in [0.25, 0.3) is 0 Å². The van der Waals surface area contributed by atoms with Crippen molar-refractivity contribution in [2.45, 2.75) is 51.7 Å². The van der Waals surface area contributed by atoms with Crippen molar-refractivity contribution in [3.05, 3.63) is 0 Å². The predicted molar refractivity (Wildman–Crippen MR) is 78.1 cm³/mol. The van der Waals surface area contributed by atoms with Gasteiger partial charge in [0, 0.05) is 26.2 Å². The Balaban J connectivity index is 1.87. The van der Waals surface area contributed by atoms with Crippen LogP contribution in [0.2, 0.25) is 0 Å². The summed E-state index contributed by atoms with van der Waals surface area (Å²) in [5, 5.41) is 9.44. The van der Waals surface area contributed by atoms with E-state index in [0.717, 1.165) is 32.4 Å². The molecule has 1 atom stereocenters. The summed E-state index contributed by atoms with van der Waals surface area (Å²) in [6, 6.07) is -0.389. The summed E-state index contributed by atoms with van der Waals surface area (Å²) in [5.74, 6) is -0.605. The molecule has 0 radical (unpaired) electrons. The fourth-order valence-corrected chi connectivity index (χ4v) is 3.00. The number of carboxylic acid groups (broad SMARTS) is 1. The van der Waals surface area contributed by atoms with Gasteiger partial charge in [0.25, 0.3) is 0 Å². The number of amides is 1. The number of carbonyl (C=O) groups is 2. The Bertz CT molecular complexity index is 393. The number of aliphatic carboxylic acids is 1. The molecule has 0 aromatic carbocycles. The molecule has 2 fully saturated rings. The van der Waals surface area contributed by atoms with Crippen LogP contribution in [-0.2, 0) is 9.53 Å². The van der Waals surface area contributed by atoms with E-state index in [0.29, 0.717) is 13.1 Å². The fourth-order valence-electron chi connectivity index (χ4n) is 3.00. The number of carbonyl (C=O) groups excluding carboxylic acids is 1. The Morgan fingerprint density at radius 3 is 2.10 bits per heavy atom. The molecule has 6 heteroatoms. The van der Waals surface area contributed by atoms with E-state index < -0.39 is 11.6 Å². The highest BCUT2D eigenvalue weighted by Gasteiger charge is 2.39. The molecular weight excluding hydrogens is 272 g/mol. The normalized spacial score (nSPS) is 22.5. The average molecular weight is 298 g/mol. The lowest BCUT2D eigenvalue weighted by Gasteiger charge is -2.42. The van der Waals surface area contributed by atoms with Crippen molar-refractivity contribution in [3.63, 3.8) is 0 Å². The third-order valence-corrected chi connectivity index (χ3v) is 4.17. The second-order valence-corrected chi connectivity index (χ2v) is 6.98. The number of nitrogens with zero attached hydrogens (tertiary/aromatic N) is 2. The zero-order chi connectivity index (χ0) is 15.6. The number of carboxylic acids is 1. The quantitative estimate of drug-likeness (QED) is 0.860. The Morgan fingerprint density at radius 1 is 1.14 bits per heavy atom. The van der Waals surface area contributed by atoms with Crippen LogP contribution < -0.4 is 0 Å². The van der Waals surface area contributed by atoms with Crippen molar-refractivity contribution < 1.29 is 19.4 Å². The van der Waals surface area contributed by atoms with Crippen LogP contribution in [0.5, 0.6) is 0 Å². The first kappa shape index (κ1) is 16.1. The summed E-state index contributed by atoms with van der Waals surface area (Å²) >= 11 is 0. The lowest BCUT2D eigenvalue weighted by molar-refractivity contribution is -0.148. The van der Waals surface area contributed by atoms with E-state index in [1.54, 1.807) is 4.90 Å². The number of piperidine rings is 1. The van der Waals surface area contributed by atoms with Crippen LogP contribution in [0.15, 0.2) is 0 Å². The third-order valence-electron chi connectivity index (χ3n) is 4.17. The molecular formula is C15H26N2O4. The molecule has 120 valence electrons. The van der Waals surface area contributed by atoms with E-state index >= 15 is 0 Å². The summed E-state index contributed by atoms with van der Waals surface area (Å²) in [6.45, 7) is 8.47. The zero-order valence-corrected chi connectivity index (χ0v) is 13.2. The van der Waals surface area contributed by atoms with Crippen LogP contribution in [0.3, 0.4) is 0 Å². The van der Waals surface area contributed by atoms with Gasteiger partial charge >= 0.3 is 12.1 Å². The lowest BCUT2D eigenvalue weighted by atomic mass is 9.87. The number of likely N-dealkylation sites (tertiary alicyclic amines) is 2. The number of rotatable bonds is 3. The van der Waals surface area contributed by atoms with Gasteiger partial charge in [0.2, 0.25) is 0 Å². The molecule has 2 saturated heterocycles. The van der Waals surface area contributed by atoms with Crippen LogP contribution in [0, 0.1) is 5.92 Å². The molecule has 2 heterocycles. The minimum atomic E-state index is -0.731. The number of hydrogen-bond donors (Lipinski definition) is 1. The maximum atomic E-state index is 12.0. The summed E-state index contributed by atoms with van der Waals surface area (Å²) in [5.41, 5.74) is -0.491. The molecule has 1 N–H and O–H groups in total. The van der Waals surface area contributed by atoms with Crippen molar-refractivity contribution in [2.75, 3.05) is 26.2 Å². The Morgan fingerprint density at radius 2 is 1.71 bits per heavy atom. The first-order valence-corrected chi connectivity index (χ1v) is 7.73. The minimum Gasteiger partial charge on any atom is -0.480 e. The third kappa shape index (κ3) is 4.09. The first-order valence-electron chi connectivity index (χ1n) is 7.73. The predicted octanol–water partition coefficient (Wildman–Crippen LogP) is 1.79. The minimum absolute atomic E-state index is 0.126. The van der Waals surface area contributed by atoms with Gasteiger partial charge in [0.1, 0.15) is 11.6 Å². The molecule has 0 bridgehead atoms. The zero-order valence-electron chi connectivity index (χ0n) is 13.2. The fraction of sp³-hybridized carbons (Fsp3) is 0.867. The van der Waals surface area contributed by atoms with Gasteiger partial charge in [-0.05, 0) is 46.0 Å². The maximum Gasteiger partial charge on any atom is 0.410 e. The van der Waals surface area contributed by atoms with E-state index in [-0.39, 0.29) is 18.1 Å². The van der Waals surface area contributed by atoms with Crippen LogP contribution in [0.1, 0.15) is 40.0 Å². The number of hydrogen-bond acceptors (Lipinski definition) is 4. The van der Waals surface area contributed by atoms with E-state index in [1.165, 1.54) is 0 Å². The smallest absolute Gasteiger partial charge is 0.410 e. The summed E-state index contributed by atoms with van der Waals surface area (Å²) < 4.78 is 5.36. The Hall–Kier alpha value is -1.30. The summed E-state index contributed by atoms with van der Waals surface area (Å²) in [4.78, 5) is 27.2. The van der Waals surface area contributed by atoms with Gasteiger partial charge in [-0.25, -0.2) is 4.79 Å². The molecule has 21 heavy (non-hydrogen) atoms. The van der Waals surface area contributed by atoms with Crippen molar-refractivity contribution in [1.29, 1.82) is 0 Å². The molecule has 1 amide bonds. The molecule has 2 aliphatic rings. The molecule has 0 aliphatic carbocycles. The van der Waals surface area contributed by atoms with E-state index in [9.17, 15) is 14.7 Å². The largest absolute Gasteiger partial charge is 0.480 e. The van der Waals surface area contributed by atoms with Crippen molar-refractivity contribution in [2.24, 2.45) is 5.92 Å². The van der Waals surface area contributed by atoms with Gasteiger partial charge in [-0.3, -0.25) is 9.69 Å². The van der Waals surface area contributed by atoms with E-state index in [2.05, 4.69) is 0 Å². The molecule has 0 saturated carbocycles. The van der Waals surface area contributed by atoms with Crippen molar-refractivity contribution in [1.82, 2.24) is 9.80 Å². The van der Waals surface area contributed by atoms with Crippen LogP contribution >= 0.6 is 0 Å². The molecule has 0 spiro atoms. The monoisotopic (exact) mass is 298 g/mol. The van der Waals surface area contributed by atoms with Gasteiger partial charge in [0.15, 0.2) is 0 Å². The summed E-state index contributed by atoms with van der Waals surface area (Å²) in [7, 11) is 0. The first-order chi connectivity index (χ1) is 9.78. The van der Waals surface area contributed by atoms with Gasteiger partial charge in [-0.1, -0.05) is 0 Å². The Labute approximate surface area is 126 Å². The SMILES string of the molecule is CC(C)(C)OC(=O)N1CCC(C(C(=O)O)N2CCC2)CC1. The molecule has 2 aliphatic heterocycles. The van der Waals surface area contributed by atoms with Gasteiger partial charge < -0.3 is 14.7 Å². The molecule has 6 nitrogen and oxygen atoms in total. The highest BCUT2D eigenvalue weighted by atomic mass is 16.6. The average Bonchev–Trinajstić information content (AvgIpc) is 2.31. The number of ether oxygens (including phenoxy) is 1. The summed E-state index contributed by atoms with van der Waals surface area (Å²) in [6.07, 6.45) is 2.25. The molecule has 2 rings (SSSR count). The second-order valence-electron chi connectivity index (χ2n) is 6.98. The lowest BCUT2D eigenvalue weighted by Crippen LogP contribution is -2.55. The standard InChI is InChI=1S/C15H26N2O4/c1-15(2,3)21-14(20)17-9-5-11(6-10-17)12(13(18)19)16-7-4-8-16/h11-12H,4-10H2,1-3H3,(H,18,19). The van der Waals surface area contributed by atoms with E-state index in [4.69, 9.17) is 4.74 Å². The van der Waals surface area contributed by atoms with Crippen molar-refractivity contribution >= 4 is 12.1 Å². The van der Waals surface area contributed by atoms with E-state index in [1.807, 2.05) is 25.7 Å². The topological polar surface area (TPSA) is 70.1 Å². The van der Waals surface area contributed by atoms with Gasteiger partial charge in [0.05, 0.1) is 0 Å². The van der Waals surface area contributed by atoms with Gasteiger partial charge in [-0.2, -0.15) is 0 Å². The highest BCUT2D eigenvalue weighted by molar-refractivity contribution is 5.74. The molecule has 0 aromatic rings. The van der Waals surface area contributed by atoms with Gasteiger partial charge in [-0.15, -0.1) is 0 Å². The van der Waals surface area contributed by atoms with Crippen molar-refractivity contribution in [3.8, 4) is 0 Å². The van der Waals surface area contributed by atoms with Crippen LogP contribution in [0.4, 0.5) is 4.79 Å². The molecule has 0 aromatic heterocycles. The maximum absolute atomic E-state index is 12.0. The molecule has 1 unspecified atom stereocenters. The Kier molecular flexibility index (Phi) is 4.76. The highest BCUT2D eigenvalue weighted by Crippen LogP contribution is 2.28. The second kappa shape index (κ2) is 6.22.